The predicted octanol–water partition coefficient (Wildman–Crippen LogP) is 5.44. The molecule has 3 aliphatic heterocycles. The van der Waals surface area contributed by atoms with Gasteiger partial charge in [0.05, 0.1) is 30.9 Å². The summed E-state index contributed by atoms with van der Waals surface area (Å²) in [5, 5.41) is 19.9. The van der Waals surface area contributed by atoms with Crippen LogP contribution in [0, 0.1) is 11.3 Å². The minimum Gasteiger partial charge on any atom is -0.497 e. The summed E-state index contributed by atoms with van der Waals surface area (Å²) in [6.07, 6.45) is 8.07. The molecule has 1 saturated carbocycles. The number of nitrogens with one attached hydrogen (secondary N) is 3. The summed E-state index contributed by atoms with van der Waals surface area (Å²) in [6, 6.07) is 14.0. The van der Waals surface area contributed by atoms with Gasteiger partial charge in [0.25, 0.3) is 0 Å². The number of carbonyl (C=O) groups excluding carboxylic acids is 4. The van der Waals surface area contributed by atoms with E-state index in [9.17, 15) is 29.1 Å². The van der Waals surface area contributed by atoms with Crippen molar-refractivity contribution in [3.63, 3.8) is 0 Å². The van der Waals surface area contributed by atoms with Crippen LogP contribution < -0.4 is 25.4 Å². The predicted molar refractivity (Wildman–Crippen MR) is 222 cm³/mol. The lowest BCUT2D eigenvalue weighted by molar-refractivity contribution is -0.145. The number of aliphatic carboxylic acids is 1. The Labute approximate surface area is 345 Å². The number of methoxy groups -OCH3 is 1. The van der Waals surface area contributed by atoms with Crippen LogP contribution in [0.5, 0.6) is 11.5 Å². The molecule has 1 aliphatic carbocycles. The number of carboxylic acids is 1. The van der Waals surface area contributed by atoms with E-state index in [0.29, 0.717) is 60.4 Å². The van der Waals surface area contributed by atoms with Gasteiger partial charge in [-0.1, -0.05) is 76.1 Å². The molecule has 314 valence electrons. The van der Waals surface area contributed by atoms with Gasteiger partial charge in [0.15, 0.2) is 0 Å². The highest BCUT2D eigenvalue weighted by Gasteiger charge is 2.61. The Kier molecular flexibility index (Phi) is 12.2. The van der Waals surface area contributed by atoms with Crippen molar-refractivity contribution < 1.29 is 38.6 Å². The molecule has 0 radical (unpaired) electrons. The Bertz CT molecular complexity index is 2100. The molecule has 1 aromatic heterocycles. The molecule has 5 amide bonds. The molecule has 0 bridgehead atoms. The molecule has 1 unspecified atom stereocenters. The number of fused-ring (bicyclic) bond motifs is 3. The minimum absolute atomic E-state index is 0.0163. The number of benzene rings is 2. The standard InChI is InChI=1S/C45H56N6O8/c1-44(2,3)38(27-50-21-13-18-39(50)52)48-43(57)47-33-17-12-7-5-6-11-16-29-25-45(29,42(55)56)49-40(53)36-23-31(26-51(36)41(33)54)59-37-24-34(28-14-9-8-10-15-28)46-35-22-30(58-4)19-20-32(35)37/h8-11,14-16,19-20,22,24,29,31,33,36,38H,5-7,12-13,17-18,21,23,25-27H2,1-4H3,(H,49,53)(H,55,56)(H2,47,48,57)/t29?,31-,33+,36+,38-,45-/m1/s1. The number of nitrogens with zero attached hydrogens (tertiary/aromatic N) is 3. The number of amides is 5. The van der Waals surface area contributed by atoms with Gasteiger partial charge in [-0.2, -0.15) is 0 Å². The van der Waals surface area contributed by atoms with Crippen molar-refractivity contribution in [3.05, 3.63) is 66.7 Å². The number of allylic oxidation sites excluding steroid dienone is 1. The fraction of sp³-hybridized carbons (Fsp3) is 0.511. The molecule has 3 aromatic rings. The van der Waals surface area contributed by atoms with Crippen molar-refractivity contribution in [3.8, 4) is 22.8 Å². The van der Waals surface area contributed by atoms with Gasteiger partial charge in [0, 0.05) is 54.9 Å². The van der Waals surface area contributed by atoms with Crippen molar-refractivity contribution in [2.45, 2.75) is 108 Å². The number of carboxylic acid groups (broad SMARTS) is 1. The molecule has 4 aliphatic rings. The van der Waals surface area contributed by atoms with E-state index in [4.69, 9.17) is 14.5 Å². The summed E-state index contributed by atoms with van der Waals surface area (Å²) >= 11 is 0. The molecule has 14 nitrogen and oxygen atoms in total. The molecule has 3 fully saturated rings. The van der Waals surface area contributed by atoms with Gasteiger partial charge in [0.1, 0.15) is 35.2 Å². The number of hydrogen-bond donors (Lipinski definition) is 4. The van der Waals surface area contributed by atoms with Gasteiger partial charge in [-0.3, -0.25) is 14.4 Å². The fourth-order valence-electron chi connectivity index (χ4n) is 8.50. The van der Waals surface area contributed by atoms with Crippen molar-refractivity contribution >= 4 is 40.6 Å². The number of rotatable bonds is 9. The Morgan fingerprint density at radius 2 is 1.85 bits per heavy atom. The molecular weight excluding hydrogens is 753 g/mol. The lowest BCUT2D eigenvalue weighted by Crippen LogP contribution is -2.59. The summed E-state index contributed by atoms with van der Waals surface area (Å²) in [4.78, 5) is 76.3. The van der Waals surface area contributed by atoms with Gasteiger partial charge in [-0.25, -0.2) is 14.6 Å². The first kappa shape index (κ1) is 41.5. The van der Waals surface area contributed by atoms with Crippen LogP contribution in [0.4, 0.5) is 4.79 Å². The molecule has 2 aromatic carbocycles. The van der Waals surface area contributed by atoms with Crippen molar-refractivity contribution in [1.82, 2.24) is 30.7 Å². The van der Waals surface area contributed by atoms with E-state index >= 15 is 0 Å². The molecular formula is C45H56N6O8. The second-order valence-electron chi connectivity index (χ2n) is 17.4. The third-order valence-corrected chi connectivity index (χ3v) is 12.2. The largest absolute Gasteiger partial charge is 0.497 e. The quantitative estimate of drug-likeness (QED) is 0.205. The molecule has 59 heavy (non-hydrogen) atoms. The first-order chi connectivity index (χ1) is 28.3. The average Bonchev–Trinajstić information content (AvgIpc) is 3.49. The maximum Gasteiger partial charge on any atom is 0.330 e. The summed E-state index contributed by atoms with van der Waals surface area (Å²) < 4.78 is 12.2. The van der Waals surface area contributed by atoms with E-state index in [1.165, 1.54) is 4.90 Å². The Morgan fingerprint density at radius 1 is 1.05 bits per heavy atom. The van der Waals surface area contributed by atoms with Crippen LogP contribution in [0.1, 0.15) is 78.6 Å². The molecule has 6 atom stereocenters. The number of carbonyl (C=O) groups is 5. The Hall–Kier alpha value is -5.66. The SMILES string of the molecule is COc1ccc2c(O[C@@H]3C[C@H]4C(=O)N[C@]5(C(=O)O)CC5C=CCCCCC[C@H](NC(=O)N[C@H](CN5CCCC5=O)C(C)(C)C)C(=O)N4C3)cc(-c3ccccc3)nc2c1. The topological polar surface area (TPSA) is 180 Å². The van der Waals surface area contributed by atoms with Crippen molar-refractivity contribution in [1.29, 1.82) is 0 Å². The third kappa shape index (κ3) is 9.31. The molecule has 4 N–H and O–H groups in total. The van der Waals surface area contributed by atoms with E-state index in [2.05, 4.69) is 16.0 Å². The molecule has 4 heterocycles. The van der Waals surface area contributed by atoms with Gasteiger partial charge < -0.3 is 40.3 Å². The van der Waals surface area contributed by atoms with Gasteiger partial charge in [-0.05, 0) is 49.7 Å². The molecule has 7 rings (SSSR count). The summed E-state index contributed by atoms with van der Waals surface area (Å²) in [6.45, 7) is 6.99. The van der Waals surface area contributed by atoms with Crippen LogP contribution in [0.15, 0.2) is 66.7 Å². The van der Waals surface area contributed by atoms with Crippen LogP contribution in [-0.2, 0) is 19.2 Å². The number of likely N-dealkylation sites (tertiary alicyclic amines) is 1. The zero-order valence-corrected chi connectivity index (χ0v) is 34.4. The average molecular weight is 809 g/mol. The first-order valence-electron chi connectivity index (χ1n) is 20.8. The smallest absolute Gasteiger partial charge is 0.330 e. The Morgan fingerprint density at radius 3 is 2.56 bits per heavy atom. The maximum absolute atomic E-state index is 14.8. The molecule has 0 spiro atoms. The van der Waals surface area contributed by atoms with Crippen LogP contribution >= 0.6 is 0 Å². The monoisotopic (exact) mass is 808 g/mol. The third-order valence-electron chi connectivity index (χ3n) is 12.2. The van der Waals surface area contributed by atoms with E-state index in [1.807, 2.05) is 87.5 Å². The number of aromatic nitrogens is 1. The van der Waals surface area contributed by atoms with Crippen molar-refractivity contribution in [2.24, 2.45) is 11.3 Å². The summed E-state index contributed by atoms with van der Waals surface area (Å²) in [5.74, 6) is -1.34. The number of hydrogen-bond acceptors (Lipinski definition) is 8. The normalized spacial score (nSPS) is 25.6. The van der Waals surface area contributed by atoms with Gasteiger partial charge >= 0.3 is 12.0 Å². The highest BCUT2D eigenvalue weighted by Crippen LogP contribution is 2.45. The lowest BCUT2D eigenvalue weighted by atomic mass is 9.86. The maximum atomic E-state index is 14.8. The van der Waals surface area contributed by atoms with E-state index in [0.717, 1.165) is 31.2 Å². The zero-order chi connectivity index (χ0) is 41.9. The second-order valence-corrected chi connectivity index (χ2v) is 17.4. The van der Waals surface area contributed by atoms with Crippen LogP contribution in [-0.4, -0.2) is 106 Å². The van der Waals surface area contributed by atoms with Gasteiger partial charge in [-0.15, -0.1) is 0 Å². The Balaban J connectivity index is 1.19. The van der Waals surface area contributed by atoms with E-state index < -0.39 is 59.0 Å². The summed E-state index contributed by atoms with van der Waals surface area (Å²) in [7, 11) is 1.58. The number of ether oxygens (including phenoxy) is 2. The highest BCUT2D eigenvalue weighted by molar-refractivity contribution is 5.96. The zero-order valence-electron chi connectivity index (χ0n) is 34.4. The highest BCUT2D eigenvalue weighted by atomic mass is 16.5. The van der Waals surface area contributed by atoms with Gasteiger partial charge in [0.2, 0.25) is 17.7 Å². The molecule has 14 heteroatoms. The minimum atomic E-state index is -1.47. The van der Waals surface area contributed by atoms with Crippen LogP contribution in [0.25, 0.3) is 22.2 Å². The molecule has 2 saturated heterocycles. The number of pyridine rings is 1. The van der Waals surface area contributed by atoms with E-state index in [1.54, 1.807) is 12.0 Å². The summed E-state index contributed by atoms with van der Waals surface area (Å²) in [5.41, 5.74) is 0.304. The lowest BCUT2D eigenvalue weighted by Gasteiger charge is -2.35. The van der Waals surface area contributed by atoms with Crippen LogP contribution in [0.3, 0.4) is 0 Å². The fourth-order valence-corrected chi connectivity index (χ4v) is 8.50. The number of urea groups is 1. The van der Waals surface area contributed by atoms with E-state index in [-0.39, 0.29) is 31.2 Å². The first-order valence-corrected chi connectivity index (χ1v) is 20.8. The van der Waals surface area contributed by atoms with Crippen LogP contribution in [0.2, 0.25) is 0 Å². The second kappa shape index (κ2) is 17.3. The van der Waals surface area contributed by atoms with Crippen molar-refractivity contribution in [2.75, 3.05) is 26.7 Å².